The number of aryl methyl sites for hydroxylation is 1. The highest BCUT2D eigenvalue weighted by atomic mass is 35.5. The first kappa shape index (κ1) is 18.8. The molecule has 4 rings (SSSR count). The van der Waals surface area contributed by atoms with E-state index in [-0.39, 0.29) is 11.9 Å². The highest BCUT2D eigenvalue weighted by Gasteiger charge is 2.19. The average molecular weight is 398 g/mol. The van der Waals surface area contributed by atoms with E-state index < -0.39 is 0 Å². The van der Waals surface area contributed by atoms with E-state index in [1.807, 2.05) is 31.2 Å². The molecule has 0 aliphatic heterocycles. The van der Waals surface area contributed by atoms with Crippen LogP contribution in [0, 0.1) is 6.92 Å². The molecule has 0 atom stereocenters. The third-order valence-electron chi connectivity index (χ3n) is 5.31. The first-order chi connectivity index (χ1) is 13.6. The second-order valence-electron chi connectivity index (χ2n) is 7.44. The SMILES string of the molecule is Cc1ccc(Nc2nc(C(=O)NC3CCCCCC3)cc3occc23)cc1Cl. The fraction of sp³-hybridized carbons (Fsp3) is 0.364. The van der Waals surface area contributed by atoms with Gasteiger partial charge in [-0.2, -0.15) is 0 Å². The summed E-state index contributed by atoms with van der Waals surface area (Å²) in [6.45, 7) is 1.96. The van der Waals surface area contributed by atoms with Gasteiger partial charge < -0.3 is 15.1 Å². The molecule has 0 radical (unpaired) electrons. The van der Waals surface area contributed by atoms with Crippen LogP contribution in [-0.2, 0) is 0 Å². The van der Waals surface area contributed by atoms with Crippen LogP contribution in [0.15, 0.2) is 41.0 Å². The first-order valence-corrected chi connectivity index (χ1v) is 10.2. The molecule has 1 aliphatic carbocycles. The number of hydrogen-bond donors (Lipinski definition) is 2. The summed E-state index contributed by atoms with van der Waals surface area (Å²) in [5.74, 6) is 0.423. The number of furan rings is 1. The molecule has 1 saturated carbocycles. The molecule has 6 heteroatoms. The first-order valence-electron chi connectivity index (χ1n) is 9.82. The van der Waals surface area contributed by atoms with Crippen LogP contribution < -0.4 is 10.6 Å². The Hall–Kier alpha value is -2.53. The molecule has 0 spiro atoms. The number of carbonyl (C=O) groups is 1. The van der Waals surface area contributed by atoms with E-state index >= 15 is 0 Å². The number of halogens is 1. The van der Waals surface area contributed by atoms with E-state index in [0.29, 0.717) is 22.1 Å². The van der Waals surface area contributed by atoms with Gasteiger partial charge in [0.05, 0.1) is 11.6 Å². The zero-order valence-electron chi connectivity index (χ0n) is 15.9. The standard InChI is InChI=1S/C22H24ClN3O2/c1-14-8-9-16(12-18(14)23)24-21-17-10-11-28-20(17)13-19(26-21)22(27)25-15-6-4-2-3-5-7-15/h8-13,15H,2-7H2,1H3,(H,24,26)(H,25,27). The minimum atomic E-state index is -0.157. The summed E-state index contributed by atoms with van der Waals surface area (Å²) >= 11 is 6.24. The van der Waals surface area contributed by atoms with Crippen molar-refractivity contribution in [3.8, 4) is 0 Å². The minimum absolute atomic E-state index is 0.157. The Morgan fingerprint density at radius 1 is 1.14 bits per heavy atom. The summed E-state index contributed by atoms with van der Waals surface area (Å²) in [5.41, 5.74) is 2.80. The molecule has 3 aromatic rings. The van der Waals surface area contributed by atoms with Crippen molar-refractivity contribution in [1.82, 2.24) is 10.3 Å². The molecular weight excluding hydrogens is 374 g/mol. The minimum Gasteiger partial charge on any atom is -0.464 e. The van der Waals surface area contributed by atoms with E-state index in [4.69, 9.17) is 16.0 Å². The number of rotatable bonds is 4. The summed E-state index contributed by atoms with van der Waals surface area (Å²) in [6.07, 6.45) is 8.48. The van der Waals surface area contributed by atoms with Crippen LogP contribution in [0.3, 0.4) is 0 Å². The molecule has 1 aliphatic rings. The predicted molar refractivity (Wildman–Crippen MR) is 112 cm³/mol. The van der Waals surface area contributed by atoms with Gasteiger partial charge in [-0.3, -0.25) is 4.79 Å². The molecule has 1 amide bonds. The van der Waals surface area contributed by atoms with Gasteiger partial charge in [0, 0.05) is 22.8 Å². The molecule has 2 aromatic heterocycles. The lowest BCUT2D eigenvalue weighted by atomic mass is 10.1. The van der Waals surface area contributed by atoms with Gasteiger partial charge in [-0.1, -0.05) is 43.4 Å². The number of pyridine rings is 1. The summed E-state index contributed by atoms with van der Waals surface area (Å²) < 4.78 is 5.55. The number of anilines is 2. The van der Waals surface area contributed by atoms with E-state index in [2.05, 4.69) is 15.6 Å². The summed E-state index contributed by atoms with van der Waals surface area (Å²) in [6, 6.07) is 9.49. The van der Waals surface area contributed by atoms with Gasteiger partial charge in [0.2, 0.25) is 0 Å². The number of aromatic nitrogens is 1. The average Bonchev–Trinajstić information content (AvgIpc) is 3.02. The largest absolute Gasteiger partial charge is 0.464 e. The van der Waals surface area contributed by atoms with Crippen molar-refractivity contribution in [1.29, 1.82) is 0 Å². The van der Waals surface area contributed by atoms with Crippen LogP contribution in [0.2, 0.25) is 5.02 Å². The predicted octanol–water partition coefficient (Wildman–Crippen LogP) is 5.99. The molecule has 28 heavy (non-hydrogen) atoms. The van der Waals surface area contributed by atoms with Crippen molar-refractivity contribution >= 4 is 40.0 Å². The van der Waals surface area contributed by atoms with Crippen molar-refractivity contribution in [3.05, 3.63) is 52.9 Å². The smallest absolute Gasteiger partial charge is 0.270 e. The fourth-order valence-electron chi connectivity index (χ4n) is 3.67. The van der Waals surface area contributed by atoms with Crippen molar-refractivity contribution in [2.45, 2.75) is 51.5 Å². The Balaban J connectivity index is 1.60. The zero-order chi connectivity index (χ0) is 19.5. The summed E-state index contributed by atoms with van der Waals surface area (Å²) in [7, 11) is 0. The number of nitrogens with one attached hydrogen (secondary N) is 2. The summed E-state index contributed by atoms with van der Waals surface area (Å²) in [5, 5.41) is 7.92. The van der Waals surface area contributed by atoms with E-state index in [1.165, 1.54) is 12.8 Å². The van der Waals surface area contributed by atoms with Crippen LogP contribution in [0.5, 0.6) is 0 Å². The number of fused-ring (bicyclic) bond motifs is 1. The fourth-order valence-corrected chi connectivity index (χ4v) is 3.85. The molecule has 1 fully saturated rings. The number of benzene rings is 1. The van der Waals surface area contributed by atoms with Crippen LogP contribution in [0.25, 0.3) is 11.0 Å². The van der Waals surface area contributed by atoms with Crippen molar-refractivity contribution < 1.29 is 9.21 Å². The van der Waals surface area contributed by atoms with Gasteiger partial charge in [0.1, 0.15) is 17.1 Å². The maximum Gasteiger partial charge on any atom is 0.270 e. The lowest BCUT2D eigenvalue weighted by Crippen LogP contribution is -2.34. The van der Waals surface area contributed by atoms with Gasteiger partial charge in [-0.25, -0.2) is 4.98 Å². The number of nitrogens with zero attached hydrogens (tertiary/aromatic N) is 1. The Labute approximate surface area is 169 Å². The molecule has 2 heterocycles. The lowest BCUT2D eigenvalue weighted by molar-refractivity contribution is 0.0928. The number of carbonyl (C=O) groups excluding carboxylic acids is 1. The Bertz CT molecular complexity index is 991. The zero-order valence-corrected chi connectivity index (χ0v) is 16.7. The molecule has 2 N–H and O–H groups in total. The van der Waals surface area contributed by atoms with Gasteiger partial charge >= 0.3 is 0 Å². The molecule has 146 valence electrons. The molecule has 0 saturated heterocycles. The monoisotopic (exact) mass is 397 g/mol. The third-order valence-corrected chi connectivity index (χ3v) is 5.72. The van der Waals surface area contributed by atoms with E-state index in [1.54, 1.807) is 12.3 Å². The van der Waals surface area contributed by atoms with Crippen LogP contribution in [-0.4, -0.2) is 16.9 Å². The third kappa shape index (κ3) is 4.14. The number of amides is 1. The molecular formula is C22H24ClN3O2. The van der Waals surface area contributed by atoms with Gasteiger partial charge in [-0.15, -0.1) is 0 Å². The van der Waals surface area contributed by atoms with E-state index in [0.717, 1.165) is 42.3 Å². The normalized spacial score (nSPS) is 15.4. The van der Waals surface area contributed by atoms with Gasteiger partial charge in [0.25, 0.3) is 5.91 Å². The maximum absolute atomic E-state index is 12.8. The molecule has 5 nitrogen and oxygen atoms in total. The Morgan fingerprint density at radius 2 is 1.93 bits per heavy atom. The van der Waals surface area contributed by atoms with Crippen molar-refractivity contribution in [2.24, 2.45) is 0 Å². The maximum atomic E-state index is 12.8. The number of hydrogen-bond acceptors (Lipinski definition) is 4. The molecule has 0 bridgehead atoms. The Kier molecular flexibility index (Phi) is 5.53. The van der Waals surface area contributed by atoms with Gasteiger partial charge in [0.15, 0.2) is 0 Å². The van der Waals surface area contributed by atoms with Crippen molar-refractivity contribution in [3.63, 3.8) is 0 Å². The quantitative estimate of drug-likeness (QED) is 0.531. The molecule has 1 aromatic carbocycles. The van der Waals surface area contributed by atoms with Gasteiger partial charge in [-0.05, 0) is 43.5 Å². The van der Waals surface area contributed by atoms with Crippen LogP contribution >= 0.6 is 11.6 Å². The topological polar surface area (TPSA) is 67.2 Å². The highest BCUT2D eigenvalue weighted by molar-refractivity contribution is 6.31. The van der Waals surface area contributed by atoms with Crippen molar-refractivity contribution in [2.75, 3.05) is 5.32 Å². The van der Waals surface area contributed by atoms with Crippen LogP contribution in [0.1, 0.15) is 54.6 Å². The second kappa shape index (κ2) is 8.23. The van der Waals surface area contributed by atoms with Crippen LogP contribution in [0.4, 0.5) is 11.5 Å². The second-order valence-corrected chi connectivity index (χ2v) is 7.85. The molecule has 0 unspecified atom stereocenters. The summed E-state index contributed by atoms with van der Waals surface area (Å²) in [4.78, 5) is 17.4. The lowest BCUT2D eigenvalue weighted by Gasteiger charge is -2.16. The Morgan fingerprint density at radius 3 is 2.68 bits per heavy atom. The van der Waals surface area contributed by atoms with E-state index in [9.17, 15) is 4.79 Å². The highest BCUT2D eigenvalue weighted by Crippen LogP contribution is 2.29.